The Labute approximate surface area is 102 Å². The maximum Gasteiger partial charge on any atom is 0.233 e. The molecule has 1 rings (SSSR count). The van der Waals surface area contributed by atoms with Gasteiger partial charge in [0.05, 0.1) is 4.99 Å². The van der Waals surface area contributed by atoms with Crippen LogP contribution in [-0.2, 0) is 9.53 Å². The molecule has 0 saturated carbocycles. The maximum absolute atomic E-state index is 12.2. The molecule has 1 saturated heterocycles. The average Bonchev–Trinajstić information content (AvgIpc) is 2.16. The SMILES string of the molecule is CC(C)(C)NC(=O)C1(C(N)=S)CCOCC1. The van der Waals surface area contributed by atoms with Crippen molar-refractivity contribution in [1.29, 1.82) is 0 Å². The zero-order valence-corrected chi connectivity index (χ0v) is 10.9. The second-order valence-electron chi connectivity index (χ2n) is 5.26. The highest BCUT2D eigenvalue weighted by molar-refractivity contribution is 7.80. The largest absolute Gasteiger partial charge is 0.392 e. The fourth-order valence-corrected chi connectivity index (χ4v) is 2.06. The number of ether oxygens (including phenoxy) is 1. The third kappa shape index (κ3) is 2.92. The summed E-state index contributed by atoms with van der Waals surface area (Å²) in [6.45, 7) is 6.90. The Balaban J connectivity index is 2.85. The van der Waals surface area contributed by atoms with E-state index in [4.69, 9.17) is 22.7 Å². The predicted octanol–water partition coefficient (Wildman–Crippen LogP) is 0.984. The first kappa shape index (κ1) is 13.4. The van der Waals surface area contributed by atoms with E-state index >= 15 is 0 Å². The second kappa shape index (κ2) is 4.67. The summed E-state index contributed by atoms with van der Waals surface area (Å²) in [5, 5.41) is 2.95. The summed E-state index contributed by atoms with van der Waals surface area (Å²) in [7, 11) is 0. The molecule has 0 aromatic carbocycles. The van der Waals surface area contributed by atoms with Gasteiger partial charge in [-0.15, -0.1) is 0 Å². The minimum Gasteiger partial charge on any atom is -0.392 e. The van der Waals surface area contributed by atoms with E-state index in [1.165, 1.54) is 0 Å². The molecule has 1 fully saturated rings. The minimum absolute atomic E-state index is 0.0733. The molecule has 0 bridgehead atoms. The standard InChI is InChI=1S/C11H20N2O2S/c1-10(2,3)13-9(14)11(8(12)16)4-6-15-7-5-11/h4-7H2,1-3H3,(H2,12,16)(H,13,14). The van der Waals surface area contributed by atoms with Gasteiger partial charge in [0, 0.05) is 18.8 Å². The first-order valence-electron chi connectivity index (χ1n) is 5.48. The number of carbonyl (C=O) groups is 1. The molecule has 0 spiro atoms. The van der Waals surface area contributed by atoms with Gasteiger partial charge in [-0.05, 0) is 33.6 Å². The van der Waals surface area contributed by atoms with Crippen molar-refractivity contribution in [2.24, 2.45) is 11.1 Å². The van der Waals surface area contributed by atoms with Crippen LogP contribution >= 0.6 is 12.2 Å². The summed E-state index contributed by atoms with van der Waals surface area (Å²) in [5.74, 6) is -0.0733. The van der Waals surface area contributed by atoms with Crippen molar-refractivity contribution >= 4 is 23.1 Å². The number of carbonyl (C=O) groups excluding carboxylic acids is 1. The van der Waals surface area contributed by atoms with Crippen LogP contribution in [0.3, 0.4) is 0 Å². The number of rotatable bonds is 2. The van der Waals surface area contributed by atoms with E-state index in [1.54, 1.807) is 0 Å². The second-order valence-corrected chi connectivity index (χ2v) is 5.70. The van der Waals surface area contributed by atoms with E-state index in [0.717, 1.165) is 0 Å². The van der Waals surface area contributed by atoms with Gasteiger partial charge in [0.15, 0.2) is 0 Å². The van der Waals surface area contributed by atoms with Crippen molar-refractivity contribution in [3.05, 3.63) is 0 Å². The van der Waals surface area contributed by atoms with E-state index in [-0.39, 0.29) is 16.4 Å². The van der Waals surface area contributed by atoms with Crippen LogP contribution in [0.15, 0.2) is 0 Å². The monoisotopic (exact) mass is 244 g/mol. The van der Waals surface area contributed by atoms with Crippen molar-refractivity contribution in [2.75, 3.05) is 13.2 Å². The first-order chi connectivity index (χ1) is 7.28. The lowest BCUT2D eigenvalue weighted by Crippen LogP contribution is -2.55. The van der Waals surface area contributed by atoms with Gasteiger partial charge in [0.25, 0.3) is 0 Å². The van der Waals surface area contributed by atoms with Crippen LogP contribution in [0, 0.1) is 5.41 Å². The van der Waals surface area contributed by atoms with Gasteiger partial charge in [-0.3, -0.25) is 4.79 Å². The Bertz CT molecular complexity index is 291. The maximum atomic E-state index is 12.2. The Kier molecular flexibility index (Phi) is 3.91. The summed E-state index contributed by atoms with van der Waals surface area (Å²) < 4.78 is 5.26. The van der Waals surface area contributed by atoms with E-state index in [2.05, 4.69) is 5.32 Å². The number of amides is 1. The third-order valence-electron chi connectivity index (χ3n) is 2.74. The molecule has 0 aliphatic carbocycles. The molecule has 1 heterocycles. The normalized spacial score (nSPS) is 20.2. The van der Waals surface area contributed by atoms with Crippen molar-refractivity contribution in [3.63, 3.8) is 0 Å². The van der Waals surface area contributed by atoms with Crippen molar-refractivity contribution in [2.45, 2.75) is 39.2 Å². The van der Waals surface area contributed by atoms with Gasteiger partial charge in [-0.1, -0.05) is 12.2 Å². The predicted molar refractivity (Wildman–Crippen MR) is 67.2 cm³/mol. The summed E-state index contributed by atoms with van der Waals surface area (Å²) in [6.07, 6.45) is 1.15. The molecule has 0 aromatic heterocycles. The Morgan fingerprint density at radius 1 is 1.38 bits per heavy atom. The van der Waals surface area contributed by atoms with Crippen molar-refractivity contribution in [3.8, 4) is 0 Å². The van der Waals surface area contributed by atoms with Crippen LogP contribution in [0.1, 0.15) is 33.6 Å². The highest BCUT2D eigenvalue weighted by atomic mass is 32.1. The van der Waals surface area contributed by atoms with E-state index in [0.29, 0.717) is 26.1 Å². The molecule has 4 nitrogen and oxygen atoms in total. The van der Waals surface area contributed by atoms with Gasteiger partial charge in [0.1, 0.15) is 5.41 Å². The molecule has 0 unspecified atom stereocenters. The molecular weight excluding hydrogens is 224 g/mol. The van der Waals surface area contributed by atoms with Crippen LogP contribution in [0.25, 0.3) is 0 Å². The fraction of sp³-hybridized carbons (Fsp3) is 0.818. The molecule has 1 amide bonds. The summed E-state index contributed by atoms with van der Waals surface area (Å²) >= 11 is 5.05. The number of hydrogen-bond donors (Lipinski definition) is 2. The molecule has 0 radical (unpaired) electrons. The molecule has 0 atom stereocenters. The van der Waals surface area contributed by atoms with E-state index in [1.807, 2.05) is 20.8 Å². The quantitative estimate of drug-likeness (QED) is 0.711. The van der Waals surface area contributed by atoms with Gasteiger partial charge in [-0.2, -0.15) is 0 Å². The minimum atomic E-state index is -0.721. The van der Waals surface area contributed by atoms with Gasteiger partial charge < -0.3 is 15.8 Å². The fourth-order valence-electron chi connectivity index (χ4n) is 1.77. The van der Waals surface area contributed by atoms with Crippen LogP contribution < -0.4 is 11.1 Å². The van der Waals surface area contributed by atoms with E-state index in [9.17, 15) is 4.79 Å². The van der Waals surface area contributed by atoms with Gasteiger partial charge in [0.2, 0.25) is 5.91 Å². The summed E-state index contributed by atoms with van der Waals surface area (Å²) in [6, 6.07) is 0. The zero-order valence-electron chi connectivity index (χ0n) is 10.1. The molecule has 3 N–H and O–H groups in total. The van der Waals surface area contributed by atoms with Gasteiger partial charge in [-0.25, -0.2) is 0 Å². The summed E-state index contributed by atoms with van der Waals surface area (Å²) in [5.41, 5.74) is 4.74. The molecule has 16 heavy (non-hydrogen) atoms. The molecular formula is C11H20N2O2S. The Morgan fingerprint density at radius 3 is 2.25 bits per heavy atom. The summed E-state index contributed by atoms with van der Waals surface area (Å²) in [4.78, 5) is 12.5. The molecule has 1 aliphatic rings. The highest BCUT2D eigenvalue weighted by Crippen LogP contribution is 2.31. The third-order valence-corrected chi connectivity index (χ3v) is 3.13. The first-order valence-corrected chi connectivity index (χ1v) is 5.89. The molecule has 5 heteroatoms. The zero-order chi connectivity index (χ0) is 12.4. The lowest BCUT2D eigenvalue weighted by Gasteiger charge is -2.37. The lowest BCUT2D eigenvalue weighted by atomic mass is 9.78. The number of thiocarbonyl (C=S) groups is 1. The van der Waals surface area contributed by atoms with Gasteiger partial charge >= 0.3 is 0 Å². The van der Waals surface area contributed by atoms with Crippen LogP contribution in [0.5, 0.6) is 0 Å². The van der Waals surface area contributed by atoms with Crippen molar-refractivity contribution < 1.29 is 9.53 Å². The smallest absolute Gasteiger partial charge is 0.233 e. The average molecular weight is 244 g/mol. The molecule has 0 aromatic rings. The lowest BCUT2D eigenvalue weighted by molar-refractivity contribution is -0.132. The highest BCUT2D eigenvalue weighted by Gasteiger charge is 2.43. The molecule has 1 aliphatic heterocycles. The number of hydrogen-bond acceptors (Lipinski definition) is 3. The van der Waals surface area contributed by atoms with Crippen LogP contribution in [-0.4, -0.2) is 29.6 Å². The molecule has 92 valence electrons. The van der Waals surface area contributed by atoms with E-state index < -0.39 is 5.41 Å². The van der Waals surface area contributed by atoms with Crippen molar-refractivity contribution in [1.82, 2.24) is 5.32 Å². The Morgan fingerprint density at radius 2 is 1.88 bits per heavy atom. The number of nitrogens with one attached hydrogen (secondary N) is 1. The van der Waals surface area contributed by atoms with Crippen LogP contribution in [0.4, 0.5) is 0 Å². The Hall–Kier alpha value is -0.680. The van der Waals surface area contributed by atoms with Crippen LogP contribution in [0.2, 0.25) is 0 Å². The number of nitrogens with two attached hydrogens (primary N) is 1. The topological polar surface area (TPSA) is 64.4 Å².